The van der Waals surface area contributed by atoms with Gasteiger partial charge in [-0.15, -0.1) is 0 Å². The molecule has 174 valence electrons. The third-order valence-corrected chi connectivity index (χ3v) is 5.39. The number of amides is 4. The standard InChI is InChI=1S/C24H27N3O6/c1-4-16(2)23(30)27(25-21(28)15-33-19-12-10-18(32-3)11-13-19)20-14-22(29)26(24(20)31)17-8-6-5-7-9-17/h5-13,16,20H,4,14-15H2,1-3H3,(H,25,28). The number of benzene rings is 2. The van der Waals surface area contributed by atoms with Crippen molar-refractivity contribution in [1.29, 1.82) is 0 Å². The molecule has 9 nitrogen and oxygen atoms in total. The van der Waals surface area contributed by atoms with Crippen LogP contribution in [-0.2, 0) is 19.2 Å². The molecule has 1 heterocycles. The number of methoxy groups -OCH3 is 1. The zero-order valence-corrected chi connectivity index (χ0v) is 18.8. The summed E-state index contributed by atoms with van der Waals surface area (Å²) >= 11 is 0. The predicted molar refractivity (Wildman–Crippen MR) is 120 cm³/mol. The van der Waals surface area contributed by atoms with Gasteiger partial charge in [0.2, 0.25) is 11.8 Å². The van der Waals surface area contributed by atoms with Gasteiger partial charge < -0.3 is 9.47 Å². The molecule has 9 heteroatoms. The highest BCUT2D eigenvalue weighted by Crippen LogP contribution is 2.26. The van der Waals surface area contributed by atoms with Crippen molar-refractivity contribution in [2.45, 2.75) is 32.7 Å². The van der Waals surface area contributed by atoms with Crippen LogP contribution in [0.4, 0.5) is 5.69 Å². The monoisotopic (exact) mass is 453 g/mol. The Kier molecular flexibility index (Phi) is 7.66. The summed E-state index contributed by atoms with van der Waals surface area (Å²) in [6, 6.07) is 14.0. The van der Waals surface area contributed by atoms with Crippen molar-refractivity contribution in [3.05, 3.63) is 54.6 Å². The molecule has 0 saturated carbocycles. The van der Waals surface area contributed by atoms with E-state index >= 15 is 0 Å². The van der Waals surface area contributed by atoms with Crippen LogP contribution >= 0.6 is 0 Å². The van der Waals surface area contributed by atoms with E-state index in [-0.39, 0.29) is 13.0 Å². The first-order valence-corrected chi connectivity index (χ1v) is 10.7. The highest BCUT2D eigenvalue weighted by molar-refractivity contribution is 6.23. The Labute approximate surface area is 192 Å². The number of imide groups is 1. The lowest BCUT2D eigenvalue weighted by atomic mass is 10.1. The Balaban J connectivity index is 1.74. The molecular weight excluding hydrogens is 426 g/mol. The summed E-state index contributed by atoms with van der Waals surface area (Å²) in [5.74, 6) is -1.46. The lowest BCUT2D eigenvalue weighted by Crippen LogP contribution is -2.57. The third-order valence-electron chi connectivity index (χ3n) is 5.39. The molecule has 1 saturated heterocycles. The van der Waals surface area contributed by atoms with E-state index in [4.69, 9.17) is 9.47 Å². The van der Waals surface area contributed by atoms with E-state index in [0.717, 1.165) is 9.91 Å². The molecule has 1 fully saturated rings. The van der Waals surface area contributed by atoms with Crippen LogP contribution in [0.3, 0.4) is 0 Å². The maximum Gasteiger partial charge on any atom is 0.276 e. The van der Waals surface area contributed by atoms with E-state index in [0.29, 0.717) is 23.6 Å². The normalized spacial score (nSPS) is 16.3. The van der Waals surface area contributed by atoms with Crippen molar-refractivity contribution < 1.29 is 28.7 Å². The molecule has 4 amide bonds. The fourth-order valence-corrected chi connectivity index (χ4v) is 3.35. The molecule has 0 radical (unpaired) electrons. The maximum absolute atomic E-state index is 13.1. The predicted octanol–water partition coefficient (Wildman–Crippen LogP) is 2.31. The number of para-hydroxylation sites is 1. The zero-order chi connectivity index (χ0) is 24.0. The molecule has 1 aliphatic rings. The summed E-state index contributed by atoms with van der Waals surface area (Å²) in [6.45, 7) is 3.15. The van der Waals surface area contributed by atoms with Crippen molar-refractivity contribution in [2.24, 2.45) is 5.92 Å². The van der Waals surface area contributed by atoms with Gasteiger partial charge in [0, 0.05) is 5.92 Å². The fraction of sp³-hybridized carbons (Fsp3) is 0.333. The number of hydrogen-bond acceptors (Lipinski definition) is 6. The highest BCUT2D eigenvalue weighted by Gasteiger charge is 2.45. The molecule has 3 rings (SSSR count). The number of hydrazine groups is 1. The Bertz CT molecular complexity index is 1010. The number of anilines is 1. The van der Waals surface area contributed by atoms with E-state index in [2.05, 4.69) is 5.43 Å². The van der Waals surface area contributed by atoms with Crippen LogP contribution in [0.15, 0.2) is 54.6 Å². The van der Waals surface area contributed by atoms with Crippen LogP contribution in [0.1, 0.15) is 26.7 Å². The molecule has 0 aromatic heterocycles. The van der Waals surface area contributed by atoms with Crippen LogP contribution < -0.4 is 19.8 Å². The van der Waals surface area contributed by atoms with E-state index in [9.17, 15) is 19.2 Å². The number of rotatable bonds is 8. The highest BCUT2D eigenvalue weighted by atomic mass is 16.5. The quantitative estimate of drug-likeness (QED) is 0.486. The summed E-state index contributed by atoms with van der Waals surface area (Å²) in [6.07, 6.45) is 0.278. The SMILES string of the molecule is CCC(C)C(=O)N(NC(=O)COc1ccc(OC)cc1)C1CC(=O)N(c2ccccc2)C1=O. The Hall–Kier alpha value is -3.88. The van der Waals surface area contributed by atoms with Gasteiger partial charge in [-0.1, -0.05) is 32.0 Å². The van der Waals surface area contributed by atoms with Gasteiger partial charge in [0.25, 0.3) is 11.8 Å². The molecule has 2 aromatic rings. The molecule has 0 spiro atoms. The second kappa shape index (κ2) is 10.6. The molecule has 2 unspecified atom stereocenters. The van der Waals surface area contributed by atoms with Crippen molar-refractivity contribution in [2.75, 3.05) is 18.6 Å². The molecule has 2 atom stereocenters. The minimum absolute atomic E-state index is 0.227. The molecule has 1 N–H and O–H groups in total. The number of carbonyl (C=O) groups is 4. The maximum atomic E-state index is 13.1. The smallest absolute Gasteiger partial charge is 0.276 e. The fourth-order valence-electron chi connectivity index (χ4n) is 3.35. The Morgan fingerprint density at radius 3 is 2.33 bits per heavy atom. The van der Waals surface area contributed by atoms with Gasteiger partial charge in [0.15, 0.2) is 6.61 Å². The lowest BCUT2D eigenvalue weighted by Gasteiger charge is -2.29. The van der Waals surface area contributed by atoms with Gasteiger partial charge >= 0.3 is 0 Å². The Morgan fingerprint density at radius 1 is 1.09 bits per heavy atom. The molecule has 2 aromatic carbocycles. The Morgan fingerprint density at radius 2 is 1.73 bits per heavy atom. The number of ether oxygens (including phenoxy) is 2. The van der Waals surface area contributed by atoms with Gasteiger partial charge in [-0.3, -0.25) is 24.6 Å². The molecular formula is C24H27N3O6. The average molecular weight is 453 g/mol. The first kappa shape index (κ1) is 23.8. The van der Waals surface area contributed by atoms with Crippen molar-refractivity contribution >= 4 is 29.3 Å². The largest absolute Gasteiger partial charge is 0.497 e. The number of nitrogens with one attached hydrogen (secondary N) is 1. The third kappa shape index (κ3) is 5.49. The van der Waals surface area contributed by atoms with E-state index < -0.39 is 35.6 Å². The van der Waals surface area contributed by atoms with Crippen molar-refractivity contribution in [3.63, 3.8) is 0 Å². The summed E-state index contributed by atoms with van der Waals surface area (Å²) in [5, 5.41) is 0.983. The number of carbonyl (C=O) groups excluding carboxylic acids is 4. The summed E-state index contributed by atoms with van der Waals surface area (Å²) in [7, 11) is 1.54. The van der Waals surface area contributed by atoms with Crippen LogP contribution in [-0.4, -0.2) is 48.4 Å². The molecule has 1 aliphatic heterocycles. The number of nitrogens with zero attached hydrogens (tertiary/aromatic N) is 2. The van der Waals surface area contributed by atoms with Crippen molar-refractivity contribution in [3.8, 4) is 11.5 Å². The second-order valence-corrected chi connectivity index (χ2v) is 7.64. The molecule has 33 heavy (non-hydrogen) atoms. The van der Waals surface area contributed by atoms with Gasteiger partial charge in [-0.05, 0) is 42.8 Å². The topological polar surface area (TPSA) is 105 Å². The number of hydrogen-bond donors (Lipinski definition) is 1. The summed E-state index contributed by atoms with van der Waals surface area (Å²) in [4.78, 5) is 52.4. The second-order valence-electron chi connectivity index (χ2n) is 7.64. The van der Waals surface area contributed by atoms with Crippen molar-refractivity contribution in [1.82, 2.24) is 10.4 Å². The van der Waals surface area contributed by atoms with Gasteiger partial charge in [0.05, 0.1) is 19.2 Å². The first-order chi connectivity index (χ1) is 15.8. The van der Waals surface area contributed by atoms with E-state index in [1.165, 1.54) is 0 Å². The average Bonchev–Trinajstić information content (AvgIpc) is 3.14. The van der Waals surface area contributed by atoms with Crippen LogP contribution in [0.5, 0.6) is 11.5 Å². The van der Waals surface area contributed by atoms with E-state index in [1.54, 1.807) is 68.6 Å². The molecule has 0 aliphatic carbocycles. The zero-order valence-electron chi connectivity index (χ0n) is 18.8. The van der Waals surface area contributed by atoms with Gasteiger partial charge in [-0.25, -0.2) is 9.91 Å². The van der Waals surface area contributed by atoms with E-state index in [1.807, 2.05) is 6.92 Å². The van der Waals surface area contributed by atoms with Gasteiger partial charge in [0.1, 0.15) is 17.5 Å². The van der Waals surface area contributed by atoms with Gasteiger partial charge in [-0.2, -0.15) is 0 Å². The summed E-state index contributed by atoms with van der Waals surface area (Å²) < 4.78 is 10.5. The molecule has 0 bridgehead atoms. The van der Waals surface area contributed by atoms with Crippen LogP contribution in [0, 0.1) is 5.92 Å². The lowest BCUT2D eigenvalue weighted by molar-refractivity contribution is -0.150. The minimum atomic E-state index is -1.14. The minimum Gasteiger partial charge on any atom is -0.497 e. The first-order valence-electron chi connectivity index (χ1n) is 10.7. The van der Waals surface area contributed by atoms with Crippen LogP contribution in [0.25, 0.3) is 0 Å². The van der Waals surface area contributed by atoms with Crippen LogP contribution in [0.2, 0.25) is 0 Å². The summed E-state index contributed by atoms with van der Waals surface area (Å²) in [5.41, 5.74) is 2.90.